The molecule has 0 radical (unpaired) electrons. The summed E-state index contributed by atoms with van der Waals surface area (Å²) in [5.41, 5.74) is 1.54. The SMILES string of the molecule is COc1ccc([C@H]2C[C@H](NC(=O)Nc3ccc(Cl)cc3Cl)C[C@@H]2C(=O)N2CCOCC2)cc1. The molecule has 1 aliphatic carbocycles. The highest BCUT2D eigenvalue weighted by Crippen LogP contribution is 2.41. The molecule has 1 aliphatic heterocycles. The van der Waals surface area contributed by atoms with Crippen molar-refractivity contribution >= 4 is 40.8 Å². The molecule has 33 heavy (non-hydrogen) atoms. The van der Waals surface area contributed by atoms with Gasteiger partial charge in [0.25, 0.3) is 0 Å². The third-order valence-electron chi connectivity index (χ3n) is 6.26. The normalized spacial score (nSPS) is 22.6. The van der Waals surface area contributed by atoms with Crippen molar-refractivity contribution in [2.45, 2.75) is 24.8 Å². The van der Waals surface area contributed by atoms with Gasteiger partial charge in [0, 0.05) is 30.1 Å². The third-order valence-corrected chi connectivity index (χ3v) is 6.81. The minimum absolute atomic E-state index is 0.00401. The van der Waals surface area contributed by atoms with Gasteiger partial charge in [-0.25, -0.2) is 4.79 Å². The number of hydrogen-bond donors (Lipinski definition) is 2. The number of rotatable bonds is 5. The van der Waals surface area contributed by atoms with Gasteiger partial charge in [0.05, 0.1) is 31.0 Å². The van der Waals surface area contributed by atoms with Gasteiger partial charge >= 0.3 is 6.03 Å². The van der Waals surface area contributed by atoms with Crippen LogP contribution in [-0.2, 0) is 9.53 Å². The van der Waals surface area contributed by atoms with Gasteiger partial charge in [0.1, 0.15) is 5.75 Å². The maximum Gasteiger partial charge on any atom is 0.319 e. The molecular weight excluding hydrogens is 465 g/mol. The summed E-state index contributed by atoms with van der Waals surface area (Å²) in [6.45, 7) is 2.30. The molecule has 176 valence electrons. The van der Waals surface area contributed by atoms with E-state index in [1.54, 1.807) is 25.3 Å². The van der Waals surface area contributed by atoms with Crippen LogP contribution in [0.3, 0.4) is 0 Å². The second kappa shape index (κ2) is 10.6. The summed E-state index contributed by atoms with van der Waals surface area (Å²) in [6, 6.07) is 12.2. The molecule has 2 N–H and O–H groups in total. The smallest absolute Gasteiger partial charge is 0.319 e. The molecule has 2 aromatic carbocycles. The number of carbonyl (C=O) groups excluding carboxylic acids is 2. The minimum Gasteiger partial charge on any atom is -0.497 e. The summed E-state index contributed by atoms with van der Waals surface area (Å²) in [5.74, 6) is 0.655. The Bertz CT molecular complexity index is 996. The van der Waals surface area contributed by atoms with Crippen molar-refractivity contribution in [1.29, 1.82) is 0 Å². The predicted octanol–water partition coefficient (Wildman–Crippen LogP) is 4.54. The Morgan fingerprint density at radius 2 is 1.79 bits per heavy atom. The topological polar surface area (TPSA) is 79.9 Å². The van der Waals surface area contributed by atoms with Gasteiger partial charge in [-0.2, -0.15) is 0 Å². The van der Waals surface area contributed by atoms with E-state index in [1.165, 1.54) is 0 Å². The molecule has 2 aliphatic rings. The van der Waals surface area contributed by atoms with Crippen LogP contribution in [0.15, 0.2) is 42.5 Å². The molecule has 4 rings (SSSR count). The van der Waals surface area contributed by atoms with Gasteiger partial charge in [-0.15, -0.1) is 0 Å². The molecule has 1 heterocycles. The lowest BCUT2D eigenvalue weighted by molar-refractivity contribution is -0.140. The van der Waals surface area contributed by atoms with Gasteiger partial charge in [-0.1, -0.05) is 35.3 Å². The van der Waals surface area contributed by atoms with Crippen molar-refractivity contribution in [3.63, 3.8) is 0 Å². The zero-order valence-corrected chi connectivity index (χ0v) is 19.9. The maximum atomic E-state index is 13.4. The number of urea groups is 1. The summed E-state index contributed by atoms with van der Waals surface area (Å²) < 4.78 is 10.7. The number of halogens is 2. The Morgan fingerprint density at radius 3 is 2.45 bits per heavy atom. The number of nitrogens with one attached hydrogen (secondary N) is 2. The first-order valence-electron chi connectivity index (χ1n) is 11.0. The van der Waals surface area contributed by atoms with E-state index in [2.05, 4.69) is 10.6 Å². The number of carbonyl (C=O) groups is 2. The van der Waals surface area contributed by atoms with Gasteiger partial charge in [0.15, 0.2) is 0 Å². The largest absolute Gasteiger partial charge is 0.497 e. The third kappa shape index (κ3) is 5.72. The summed E-state index contributed by atoms with van der Waals surface area (Å²) in [4.78, 5) is 27.9. The van der Waals surface area contributed by atoms with Gasteiger partial charge < -0.3 is 25.0 Å². The summed E-state index contributed by atoms with van der Waals surface area (Å²) in [6.07, 6.45) is 1.23. The van der Waals surface area contributed by atoms with Gasteiger partial charge in [0.2, 0.25) is 5.91 Å². The molecule has 3 amide bonds. The van der Waals surface area contributed by atoms with Crippen LogP contribution in [-0.4, -0.2) is 56.3 Å². The second-order valence-corrected chi connectivity index (χ2v) is 9.16. The van der Waals surface area contributed by atoms with E-state index in [4.69, 9.17) is 32.7 Å². The van der Waals surface area contributed by atoms with Gasteiger partial charge in [-0.3, -0.25) is 4.79 Å². The summed E-state index contributed by atoms with van der Waals surface area (Å²) in [5, 5.41) is 6.65. The molecule has 1 saturated carbocycles. The highest BCUT2D eigenvalue weighted by atomic mass is 35.5. The molecular formula is C24H27Cl2N3O4. The summed E-state index contributed by atoms with van der Waals surface area (Å²) >= 11 is 12.1. The predicted molar refractivity (Wildman–Crippen MR) is 128 cm³/mol. The lowest BCUT2D eigenvalue weighted by Crippen LogP contribution is -2.44. The number of morpholine rings is 1. The molecule has 7 nitrogen and oxygen atoms in total. The molecule has 2 aromatic rings. The molecule has 1 saturated heterocycles. The van der Waals surface area contributed by atoms with E-state index in [1.807, 2.05) is 29.2 Å². The first-order valence-corrected chi connectivity index (χ1v) is 11.7. The van der Waals surface area contributed by atoms with E-state index in [9.17, 15) is 9.59 Å². The molecule has 3 atom stereocenters. The molecule has 9 heteroatoms. The number of hydrogen-bond acceptors (Lipinski definition) is 4. The van der Waals surface area contributed by atoms with Crippen LogP contribution in [0.2, 0.25) is 10.0 Å². The number of ether oxygens (including phenoxy) is 2. The molecule has 2 fully saturated rings. The van der Waals surface area contributed by atoms with E-state index in [-0.39, 0.29) is 29.8 Å². The standard InChI is InChI=1S/C24H27Cl2N3O4/c1-32-18-5-2-15(3-6-18)19-13-17(14-20(19)23(30)29-8-10-33-11-9-29)27-24(31)28-22-7-4-16(25)12-21(22)26/h2-7,12,17,19-20H,8-11,13-14H2,1H3,(H2,27,28,31)/t17-,19+,20-/m0/s1. The summed E-state index contributed by atoms with van der Waals surface area (Å²) in [7, 11) is 1.63. The molecule has 0 spiro atoms. The number of amides is 3. The Balaban J connectivity index is 1.48. The van der Waals surface area contributed by atoms with Crippen molar-refractivity contribution in [1.82, 2.24) is 10.2 Å². The Kier molecular flexibility index (Phi) is 7.63. The maximum absolute atomic E-state index is 13.4. The minimum atomic E-state index is -0.364. The van der Waals surface area contributed by atoms with Crippen molar-refractivity contribution in [3.05, 3.63) is 58.1 Å². The van der Waals surface area contributed by atoms with Crippen LogP contribution in [0, 0.1) is 5.92 Å². The van der Waals surface area contributed by atoms with E-state index in [0.29, 0.717) is 54.9 Å². The second-order valence-electron chi connectivity index (χ2n) is 8.31. The monoisotopic (exact) mass is 491 g/mol. The van der Waals surface area contributed by atoms with Crippen LogP contribution < -0.4 is 15.4 Å². The first-order chi connectivity index (χ1) is 15.9. The molecule has 0 bridgehead atoms. The van der Waals surface area contributed by atoms with E-state index in [0.717, 1.165) is 11.3 Å². The number of benzene rings is 2. The number of methoxy groups -OCH3 is 1. The lowest BCUT2D eigenvalue weighted by atomic mass is 9.88. The highest BCUT2D eigenvalue weighted by Gasteiger charge is 2.42. The van der Waals surface area contributed by atoms with Crippen LogP contribution in [0.25, 0.3) is 0 Å². The number of nitrogens with zero attached hydrogens (tertiary/aromatic N) is 1. The average Bonchev–Trinajstić information content (AvgIpc) is 3.24. The molecule has 0 aromatic heterocycles. The van der Waals surface area contributed by atoms with Crippen molar-refractivity contribution in [2.75, 3.05) is 38.7 Å². The fourth-order valence-electron chi connectivity index (χ4n) is 4.60. The van der Waals surface area contributed by atoms with Crippen LogP contribution in [0.5, 0.6) is 5.75 Å². The Labute approximate surface area is 203 Å². The number of anilines is 1. The Hall–Kier alpha value is -2.48. The van der Waals surface area contributed by atoms with E-state index >= 15 is 0 Å². The fraction of sp³-hybridized carbons (Fsp3) is 0.417. The van der Waals surface area contributed by atoms with Crippen LogP contribution >= 0.6 is 23.2 Å². The van der Waals surface area contributed by atoms with Crippen LogP contribution in [0.1, 0.15) is 24.3 Å². The zero-order valence-electron chi connectivity index (χ0n) is 18.4. The lowest BCUT2D eigenvalue weighted by Gasteiger charge is -2.31. The van der Waals surface area contributed by atoms with Crippen molar-refractivity contribution < 1.29 is 19.1 Å². The first kappa shape index (κ1) is 23.7. The fourth-order valence-corrected chi connectivity index (χ4v) is 5.06. The van der Waals surface area contributed by atoms with Crippen molar-refractivity contribution in [2.24, 2.45) is 5.92 Å². The highest BCUT2D eigenvalue weighted by molar-refractivity contribution is 6.36. The van der Waals surface area contributed by atoms with Crippen LogP contribution in [0.4, 0.5) is 10.5 Å². The average molecular weight is 492 g/mol. The zero-order chi connectivity index (χ0) is 23.4. The van der Waals surface area contributed by atoms with Gasteiger partial charge in [-0.05, 0) is 54.7 Å². The molecule has 0 unspecified atom stereocenters. The Morgan fingerprint density at radius 1 is 1.06 bits per heavy atom. The van der Waals surface area contributed by atoms with Crippen molar-refractivity contribution in [3.8, 4) is 5.75 Å². The quantitative estimate of drug-likeness (QED) is 0.642. The van der Waals surface area contributed by atoms with E-state index < -0.39 is 0 Å².